The first-order valence-electron chi connectivity index (χ1n) is 9.17. The number of aromatic nitrogens is 1. The molecule has 4 rings (SSSR count). The van der Waals surface area contributed by atoms with Crippen LogP contribution in [0.3, 0.4) is 0 Å². The third kappa shape index (κ3) is 4.39. The van der Waals surface area contributed by atoms with Crippen molar-refractivity contribution < 1.29 is 9.59 Å². The Labute approximate surface area is 177 Å². The van der Waals surface area contributed by atoms with Crippen LogP contribution in [0.2, 0.25) is 5.02 Å². The van der Waals surface area contributed by atoms with E-state index in [1.807, 2.05) is 30.5 Å². The van der Waals surface area contributed by atoms with E-state index in [4.69, 9.17) is 11.6 Å². The summed E-state index contributed by atoms with van der Waals surface area (Å²) >= 11 is 5.93. The van der Waals surface area contributed by atoms with Crippen molar-refractivity contribution in [2.75, 3.05) is 5.32 Å². The van der Waals surface area contributed by atoms with Gasteiger partial charge in [-0.3, -0.25) is 9.59 Å². The first-order chi connectivity index (χ1) is 14.6. The van der Waals surface area contributed by atoms with Gasteiger partial charge in [-0.2, -0.15) is 5.10 Å². The number of rotatable bonds is 5. The predicted octanol–water partition coefficient (Wildman–Crippen LogP) is 4.84. The summed E-state index contributed by atoms with van der Waals surface area (Å²) < 4.78 is 0. The van der Waals surface area contributed by atoms with Gasteiger partial charge in [-0.15, -0.1) is 0 Å². The zero-order chi connectivity index (χ0) is 20.9. The van der Waals surface area contributed by atoms with Crippen molar-refractivity contribution in [2.24, 2.45) is 5.10 Å². The summed E-state index contributed by atoms with van der Waals surface area (Å²) in [6.07, 6.45) is 3.41. The molecular formula is C23H17ClN4O2. The number of hydrogen-bond donors (Lipinski definition) is 3. The molecule has 0 bridgehead atoms. The molecule has 3 N–H and O–H groups in total. The Hall–Kier alpha value is -3.90. The molecule has 0 atom stereocenters. The second kappa shape index (κ2) is 8.63. The van der Waals surface area contributed by atoms with Crippen molar-refractivity contribution in [3.63, 3.8) is 0 Å². The van der Waals surface area contributed by atoms with Gasteiger partial charge in [-0.25, -0.2) is 5.43 Å². The Morgan fingerprint density at radius 1 is 0.900 bits per heavy atom. The Balaban J connectivity index is 1.43. The van der Waals surface area contributed by atoms with Crippen LogP contribution in [-0.4, -0.2) is 23.0 Å². The maximum atomic E-state index is 12.4. The van der Waals surface area contributed by atoms with Gasteiger partial charge in [0.05, 0.1) is 6.21 Å². The molecule has 3 aromatic carbocycles. The first-order valence-corrected chi connectivity index (χ1v) is 9.54. The number of fused-ring (bicyclic) bond motifs is 1. The van der Waals surface area contributed by atoms with Crippen molar-refractivity contribution in [3.8, 4) is 0 Å². The molecule has 1 heterocycles. The predicted molar refractivity (Wildman–Crippen MR) is 119 cm³/mol. The fraction of sp³-hybridized carbons (Fsp3) is 0. The fourth-order valence-electron chi connectivity index (χ4n) is 3.00. The Kier molecular flexibility index (Phi) is 5.59. The van der Waals surface area contributed by atoms with Crippen LogP contribution in [0, 0.1) is 0 Å². The highest BCUT2D eigenvalue weighted by Gasteiger charge is 2.09. The van der Waals surface area contributed by atoms with E-state index in [-0.39, 0.29) is 11.8 Å². The zero-order valence-electron chi connectivity index (χ0n) is 15.7. The van der Waals surface area contributed by atoms with Crippen LogP contribution in [0.4, 0.5) is 5.69 Å². The van der Waals surface area contributed by atoms with E-state index in [0.29, 0.717) is 21.8 Å². The second-order valence-electron chi connectivity index (χ2n) is 6.53. The topological polar surface area (TPSA) is 86.3 Å². The standard InChI is InChI=1S/C23H17ClN4O2/c24-18-7-3-5-15(11-18)22(29)27-19-8-4-6-16(12-19)23(30)28-26-14-17-13-25-21-10-2-1-9-20(17)21/h1-14,25H,(H,27,29)(H,28,30). The zero-order valence-corrected chi connectivity index (χ0v) is 16.5. The van der Waals surface area contributed by atoms with Crippen molar-refractivity contribution in [3.05, 3.63) is 101 Å². The van der Waals surface area contributed by atoms with E-state index in [1.165, 1.54) is 0 Å². The number of nitrogens with one attached hydrogen (secondary N) is 3. The lowest BCUT2D eigenvalue weighted by Gasteiger charge is -2.07. The minimum absolute atomic E-state index is 0.313. The van der Waals surface area contributed by atoms with Gasteiger partial charge in [0.1, 0.15) is 0 Å². The molecule has 30 heavy (non-hydrogen) atoms. The van der Waals surface area contributed by atoms with E-state index >= 15 is 0 Å². The number of amides is 2. The van der Waals surface area contributed by atoms with Gasteiger partial charge in [-0.05, 0) is 42.5 Å². The maximum Gasteiger partial charge on any atom is 0.271 e. The van der Waals surface area contributed by atoms with Crippen LogP contribution in [0.1, 0.15) is 26.3 Å². The molecule has 2 amide bonds. The third-order valence-corrected chi connectivity index (χ3v) is 4.70. The van der Waals surface area contributed by atoms with Gasteiger partial charge in [0.15, 0.2) is 0 Å². The number of halogens is 1. The van der Waals surface area contributed by atoms with Gasteiger partial charge >= 0.3 is 0 Å². The van der Waals surface area contributed by atoms with E-state index in [1.54, 1.807) is 54.7 Å². The average molecular weight is 417 g/mol. The fourth-order valence-corrected chi connectivity index (χ4v) is 3.19. The monoisotopic (exact) mass is 416 g/mol. The number of nitrogens with zero attached hydrogens (tertiary/aromatic N) is 1. The summed E-state index contributed by atoms with van der Waals surface area (Å²) in [7, 11) is 0. The third-order valence-electron chi connectivity index (χ3n) is 4.46. The molecule has 0 unspecified atom stereocenters. The quantitative estimate of drug-likeness (QED) is 0.321. The molecular weight excluding hydrogens is 400 g/mol. The van der Waals surface area contributed by atoms with Crippen LogP contribution in [-0.2, 0) is 0 Å². The minimum Gasteiger partial charge on any atom is -0.361 e. The SMILES string of the molecule is O=C(NN=Cc1c[nH]c2ccccc12)c1cccc(NC(=O)c2cccc(Cl)c2)c1. The minimum atomic E-state index is -0.384. The number of carbonyl (C=O) groups is 2. The lowest BCUT2D eigenvalue weighted by molar-refractivity contribution is 0.0953. The summed E-state index contributed by atoms with van der Waals surface area (Å²) in [5, 5.41) is 8.29. The molecule has 0 aliphatic heterocycles. The number of benzene rings is 3. The molecule has 0 aliphatic carbocycles. The van der Waals surface area contributed by atoms with Crippen LogP contribution in [0.25, 0.3) is 10.9 Å². The number of para-hydroxylation sites is 1. The van der Waals surface area contributed by atoms with Gasteiger partial charge < -0.3 is 10.3 Å². The van der Waals surface area contributed by atoms with Crippen molar-refractivity contribution in [1.29, 1.82) is 0 Å². The highest BCUT2D eigenvalue weighted by molar-refractivity contribution is 6.31. The first kappa shape index (κ1) is 19.4. The molecule has 7 heteroatoms. The molecule has 4 aromatic rings. The molecule has 0 spiro atoms. The molecule has 0 saturated carbocycles. The molecule has 0 saturated heterocycles. The number of aromatic amines is 1. The number of H-pyrrole nitrogens is 1. The van der Waals surface area contributed by atoms with E-state index in [0.717, 1.165) is 16.5 Å². The highest BCUT2D eigenvalue weighted by Crippen LogP contribution is 2.16. The summed E-state index contributed by atoms with van der Waals surface area (Å²) in [6, 6.07) is 21.1. The maximum absolute atomic E-state index is 12.4. The smallest absolute Gasteiger partial charge is 0.271 e. The van der Waals surface area contributed by atoms with Gasteiger partial charge in [0.2, 0.25) is 0 Å². The summed E-state index contributed by atoms with van der Waals surface area (Å²) in [4.78, 5) is 27.9. The van der Waals surface area contributed by atoms with Gasteiger partial charge in [0, 0.05) is 44.5 Å². The van der Waals surface area contributed by atoms with E-state index in [2.05, 4.69) is 20.8 Å². The van der Waals surface area contributed by atoms with E-state index in [9.17, 15) is 9.59 Å². The molecule has 0 fully saturated rings. The van der Waals surface area contributed by atoms with Crippen molar-refractivity contribution in [2.45, 2.75) is 0 Å². The van der Waals surface area contributed by atoms with Crippen LogP contribution >= 0.6 is 11.6 Å². The van der Waals surface area contributed by atoms with Crippen LogP contribution in [0.5, 0.6) is 0 Å². The molecule has 1 aromatic heterocycles. The number of carbonyl (C=O) groups excluding carboxylic acids is 2. The summed E-state index contributed by atoms with van der Waals surface area (Å²) in [5.41, 5.74) is 5.67. The molecule has 0 radical (unpaired) electrons. The van der Waals surface area contributed by atoms with Crippen molar-refractivity contribution in [1.82, 2.24) is 10.4 Å². The Morgan fingerprint density at radius 2 is 1.67 bits per heavy atom. The lowest BCUT2D eigenvalue weighted by atomic mass is 10.1. The summed E-state index contributed by atoms with van der Waals surface area (Å²) in [5.74, 6) is -0.697. The lowest BCUT2D eigenvalue weighted by Crippen LogP contribution is -2.18. The average Bonchev–Trinajstić information content (AvgIpc) is 3.17. The molecule has 148 valence electrons. The van der Waals surface area contributed by atoms with Crippen LogP contribution < -0.4 is 10.7 Å². The summed E-state index contributed by atoms with van der Waals surface area (Å²) in [6.45, 7) is 0. The Morgan fingerprint density at radius 3 is 2.50 bits per heavy atom. The van der Waals surface area contributed by atoms with Crippen LogP contribution in [0.15, 0.2) is 84.1 Å². The number of hydrogen-bond acceptors (Lipinski definition) is 3. The Bertz CT molecular complexity index is 1260. The van der Waals surface area contributed by atoms with Gasteiger partial charge in [0.25, 0.3) is 11.8 Å². The number of hydrazone groups is 1. The second-order valence-corrected chi connectivity index (χ2v) is 6.97. The van der Waals surface area contributed by atoms with Gasteiger partial charge in [-0.1, -0.05) is 41.9 Å². The number of anilines is 1. The normalized spacial score (nSPS) is 11.0. The van der Waals surface area contributed by atoms with E-state index < -0.39 is 0 Å². The largest absolute Gasteiger partial charge is 0.361 e. The highest BCUT2D eigenvalue weighted by atomic mass is 35.5. The molecule has 6 nitrogen and oxygen atoms in total. The van der Waals surface area contributed by atoms with Crippen molar-refractivity contribution >= 4 is 46.2 Å². The molecule has 0 aliphatic rings.